The summed E-state index contributed by atoms with van der Waals surface area (Å²) in [5.41, 5.74) is 1.02. The first-order valence-electron chi connectivity index (χ1n) is 3.89. The van der Waals surface area contributed by atoms with E-state index in [1.54, 1.807) is 18.6 Å². The SMILES string of the molecule is BrCCC=CCc1cnccn1. The summed E-state index contributed by atoms with van der Waals surface area (Å²) in [7, 11) is 0. The predicted molar refractivity (Wildman–Crippen MR) is 53.3 cm³/mol. The van der Waals surface area contributed by atoms with Crippen LogP contribution in [0.1, 0.15) is 12.1 Å². The molecular weight excluding hydrogens is 216 g/mol. The largest absolute Gasteiger partial charge is 0.261 e. The fraction of sp³-hybridized carbons (Fsp3) is 0.333. The van der Waals surface area contributed by atoms with Crippen LogP contribution in [0.2, 0.25) is 0 Å². The maximum absolute atomic E-state index is 4.15. The van der Waals surface area contributed by atoms with Crippen LogP contribution in [-0.4, -0.2) is 15.3 Å². The Kier molecular flexibility index (Phi) is 4.61. The molecule has 64 valence electrons. The number of hydrogen-bond donors (Lipinski definition) is 0. The van der Waals surface area contributed by atoms with Crippen molar-refractivity contribution in [1.29, 1.82) is 0 Å². The van der Waals surface area contributed by atoms with E-state index in [9.17, 15) is 0 Å². The number of allylic oxidation sites excluding steroid dienone is 2. The van der Waals surface area contributed by atoms with Crippen molar-refractivity contribution >= 4 is 15.9 Å². The lowest BCUT2D eigenvalue weighted by Crippen LogP contribution is -1.86. The minimum absolute atomic E-state index is 0.876. The number of hydrogen-bond acceptors (Lipinski definition) is 2. The van der Waals surface area contributed by atoms with Gasteiger partial charge in [0.2, 0.25) is 0 Å². The zero-order chi connectivity index (χ0) is 8.65. The fourth-order valence-electron chi connectivity index (χ4n) is 0.820. The van der Waals surface area contributed by atoms with Crippen LogP contribution < -0.4 is 0 Å². The highest BCUT2D eigenvalue weighted by Gasteiger charge is 1.87. The molecule has 0 bridgehead atoms. The molecule has 0 aliphatic rings. The number of alkyl halides is 1. The first-order valence-corrected chi connectivity index (χ1v) is 5.01. The Bertz CT molecular complexity index is 234. The summed E-state index contributed by atoms with van der Waals surface area (Å²) in [5.74, 6) is 0. The molecule has 2 nitrogen and oxygen atoms in total. The van der Waals surface area contributed by atoms with Crippen molar-refractivity contribution in [2.75, 3.05) is 5.33 Å². The van der Waals surface area contributed by atoms with Crippen LogP contribution >= 0.6 is 15.9 Å². The van der Waals surface area contributed by atoms with Gasteiger partial charge in [0.1, 0.15) is 0 Å². The average molecular weight is 227 g/mol. The van der Waals surface area contributed by atoms with Crippen molar-refractivity contribution < 1.29 is 0 Å². The van der Waals surface area contributed by atoms with Crippen molar-refractivity contribution in [2.45, 2.75) is 12.8 Å². The number of nitrogens with zero attached hydrogens (tertiary/aromatic N) is 2. The van der Waals surface area contributed by atoms with Gasteiger partial charge in [0.05, 0.1) is 5.69 Å². The molecule has 1 aromatic heterocycles. The van der Waals surface area contributed by atoms with Crippen molar-refractivity contribution in [1.82, 2.24) is 9.97 Å². The van der Waals surface area contributed by atoms with Crippen molar-refractivity contribution in [3.63, 3.8) is 0 Å². The second-order valence-electron chi connectivity index (χ2n) is 2.35. The average Bonchev–Trinajstić information content (AvgIpc) is 2.14. The molecule has 0 fully saturated rings. The molecule has 1 rings (SSSR count). The summed E-state index contributed by atoms with van der Waals surface area (Å²) in [6.07, 6.45) is 11.4. The lowest BCUT2D eigenvalue weighted by molar-refractivity contribution is 1.05. The molecule has 0 saturated heterocycles. The van der Waals surface area contributed by atoms with Gasteiger partial charge in [-0.25, -0.2) is 0 Å². The van der Waals surface area contributed by atoms with E-state index in [0.29, 0.717) is 0 Å². The third-order valence-electron chi connectivity index (χ3n) is 1.39. The van der Waals surface area contributed by atoms with Gasteiger partial charge in [-0.2, -0.15) is 0 Å². The maximum atomic E-state index is 4.15. The van der Waals surface area contributed by atoms with Gasteiger partial charge in [0, 0.05) is 30.3 Å². The first-order chi connectivity index (χ1) is 5.93. The molecule has 0 spiro atoms. The van der Waals surface area contributed by atoms with E-state index in [1.807, 2.05) is 0 Å². The van der Waals surface area contributed by atoms with Crippen LogP contribution in [0.15, 0.2) is 30.7 Å². The van der Waals surface area contributed by atoms with E-state index >= 15 is 0 Å². The van der Waals surface area contributed by atoms with Gasteiger partial charge in [-0.3, -0.25) is 9.97 Å². The monoisotopic (exact) mass is 226 g/mol. The Morgan fingerprint density at radius 2 is 2.25 bits per heavy atom. The van der Waals surface area contributed by atoms with Gasteiger partial charge >= 0.3 is 0 Å². The second kappa shape index (κ2) is 5.89. The molecule has 0 N–H and O–H groups in total. The number of rotatable bonds is 4. The van der Waals surface area contributed by atoms with Gasteiger partial charge in [-0.05, 0) is 6.42 Å². The molecule has 3 heteroatoms. The summed E-state index contributed by atoms with van der Waals surface area (Å²) in [6, 6.07) is 0. The van der Waals surface area contributed by atoms with Crippen LogP contribution in [-0.2, 0) is 6.42 Å². The van der Waals surface area contributed by atoms with Gasteiger partial charge < -0.3 is 0 Å². The van der Waals surface area contributed by atoms with Crippen LogP contribution in [0.4, 0.5) is 0 Å². The fourth-order valence-corrected chi connectivity index (χ4v) is 1.08. The molecule has 1 aromatic rings. The second-order valence-corrected chi connectivity index (χ2v) is 3.14. The molecule has 0 aliphatic carbocycles. The number of halogens is 1. The Morgan fingerprint density at radius 1 is 1.33 bits per heavy atom. The Balaban J connectivity index is 2.33. The predicted octanol–water partition coefficient (Wildman–Crippen LogP) is 2.36. The van der Waals surface area contributed by atoms with E-state index in [-0.39, 0.29) is 0 Å². The van der Waals surface area contributed by atoms with Crippen LogP contribution in [0.3, 0.4) is 0 Å². The minimum Gasteiger partial charge on any atom is -0.261 e. The lowest BCUT2D eigenvalue weighted by atomic mass is 10.3. The van der Waals surface area contributed by atoms with E-state index in [2.05, 4.69) is 38.0 Å². The highest BCUT2D eigenvalue weighted by Crippen LogP contribution is 1.95. The normalized spacial score (nSPS) is 10.8. The molecular formula is C9H11BrN2. The third kappa shape index (κ3) is 3.62. The quantitative estimate of drug-likeness (QED) is 0.582. The zero-order valence-corrected chi connectivity index (χ0v) is 8.37. The molecule has 0 aliphatic heterocycles. The molecule has 0 radical (unpaired) electrons. The topological polar surface area (TPSA) is 25.8 Å². The Hall–Kier alpha value is -0.700. The van der Waals surface area contributed by atoms with Crippen LogP contribution in [0.25, 0.3) is 0 Å². The van der Waals surface area contributed by atoms with Crippen LogP contribution in [0, 0.1) is 0 Å². The van der Waals surface area contributed by atoms with Crippen LogP contribution in [0.5, 0.6) is 0 Å². The summed E-state index contributed by atoms with van der Waals surface area (Å²) < 4.78 is 0. The molecule has 0 amide bonds. The first kappa shape index (κ1) is 9.39. The van der Waals surface area contributed by atoms with Gasteiger partial charge in [0.25, 0.3) is 0 Å². The maximum Gasteiger partial charge on any atom is 0.0624 e. The molecule has 1 heterocycles. The molecule has 0 unspecified atom stereocenters. The lowest BCUT2D eigenvalue weighted by Gasteiger charge is -1.91. The van der Waals surface area contributed by atoms with E-state index in [1.165, 1.54) is 0 Å². The minimum atomic E-state index is 0.876. The van der Waals surface area contributed by atoms with Crippen molar-refractivity contribution in [2.24, 2.45) is 0 Å². The standard InChI is InChI=1S/C9H11BrN2/c10-5-3-1-2-4-9-8-11-6-7-12-9/h1-2,6-8H,3-5H2. The van der Waals surface area contributed by atoms with Crippen molar-refractivity contribution in [3.8, 4) is 0 Å². The zero-order valence-electron chi connectivity index (χ0n) is 6.78. The summed E-state index contributed by atoms with van der Waals surface area (Å²) in [6.45, 7) is 0. The molecule has 12 heavy (non-hydrogen) atoms. The van der Waals surface area contributed by atoms with E-state index in [0.717, 1.165) is 23.9 Å². The van der Waals surface area contributed by atoms with Gasteiger partial charge in [-0.1, -0.05) is 28.1 Å². The highest BCUT2D eigenvalue weighted by atomic mass is 79.9. The van der Waals surface area contributed by atoms with E-state index in [4.69, 9.17) is 0 Å². The Labute approximate surface area is 80.9 Å². The summed E-state index contributed by atoms with van der Waals surface area (Å²) in [5, 5.41) is 1.02. The van der Waals surface area contributed by atoms with Gasteiger partial charge in [0.15, 0.2) is 0 Å². The summed E-state index contributed by atoms with van der Waals surface area (Å²) >= 11 is 3.36. The van der Waals surface area contributed by atoms with E-state index < -0.39 is 0 Å². The summed E-state index contributed by atoms with van der Waals surface area (Å²) in [4.78, 5) is 8.13. The van der Waals surface area contributed by atoms with Gasteiger partial charge in [-0.15, -0.1) is 0 Å². The molecule has 0 atom stereocenters. The third-order valence-corrected chi connectivity index (χ3v) is 1.84. The highest BCUT2D eigenvalue weighted by molar-refractivity contribution is 9.09. The molecule has 0 aromatic carbocycles. The Morgan fingerprint density at radius 3 is 2.92 bits per heavy atom. The smallest absolute Gasteiger partial charge is 0.0624 e. The number of aromatic nitrogens is 2. The molecule has 0 saturated carbocycles. The van der Waals surface area contributed by atoms with Crippen molar-refractivity contribution in [3.05, 3.63) is 36.4 Å².